The van der Waals surface area contributed by atoms with E-state index in [4.69, 9.17) is 0 Å². The van der Waals surface area contributed by atoms with Gasteiger partial charge >= 0.3 is 0 Å². The third-order valence-electron chi connectivity index (χ3n) is 3.59. The molecule has 0 unspecified atom stereocenters. The van der Waals surface area contributed by atoms with Crippen molar-refractivity contribution in [1.82, 2.24) is 15.3 Å². The highest BCUT2D eigenvalue weighted by Crippen LogP contribution is 2.15. The van der Waals surface area contributed by atoms with Crippen molar-refractivity contribution in [1.29, 1.82) is 0 Å². The summed E-state index contributed by atoms with van der Waals surface area (Å²) >= 11 is 0. The van der Waals surface area contributed by atoms with E-state index in [1.807, 2.05) is 12.4 Å². The summed E-state index contributed by atoms with van der Waals surface area (Å²) in [5, 5.41) is 3.38. The second kappa shape index (κ2) is 8.10. The number of aromatic nitrogens is 2. The molecule has 0 atom stereocenters. The average Bonchev–Trinajstić information content (AvgIpc) is 2.40. The van der Waals surface area contributed by atoms with Crippen molar-refractivity contribution < 1.29 is 0 Å². The van der Waals surface area contributed by atoms with E-state index >= 15 is 0 Å². The maximum Gasteiger partial charge on any atom is 0.225 e. The molecule has 0 radical (unpaired) electrons. The predicted molar refractivity (Wildman–Crippen MR) is 79.3 cm³/mol. The summed E-state index contributed by atoms with van der Waals surface area (Å²) in [5.74, 6) is 0.904. The van der Waals surface area contributed by atoms with Gasteiger partial charge in [-0.2, -0.15) is 0 Å². The first-order valence-electron chi connectivity index (χ1n) is 7.66. The molecule has 0 aromatic carbocycles. The van der Waals surface area contributed by atoms with E-state index in [1.165, 1.54) is 37.7 Å². The molecule has 0 amide bonds. The Bertz CT molecular complexity index is 342. The van der Waals surface area contributed by atoms with Gasteiger partial charge in [-0.05, 0) is 25.8 Å². The predicted octanol–water partition coefficient (Wildman–Crippen LogP) is 2.75. The van der Waals surface area contributed by atoms with Crippen LogP contribution in [0.3, 0.4) is 0 Å². The van der Waals surface area contributed by atoms with Crippen LogP contribution in [0.4, 0.5) is 5.95 Å². The lowest BCUT2D eigenvalue weighted by atomic mass is 10.1. The molecular weight excluding hydrogens is 236 g/mol. The molecule has 1 fully saturated rings. The summed E-state index contributed by atoms with van der Waals surface area (Å²) in [5.41, 5.74) is 1.17. The van der Waals surface area contributed by atoms with Crippen LogP contribution in [0.2, 0.25) is 0 Å². The monoisotopic (exact) mass is 262 g/mol. The Hall–Kier alpha value is -1.16. The van der Waals surface area contributed by atoms with Crippen molar-refractivity contribution in [2.24, 2.45) is 0 Å². The van der Waals surface area contributed by atoms with Crippen LogP contribution in [-0.2, 0) is 6.54 Å². The smallest absolute Gasteiger partial charge is 0.225 e. The molecule has 1 saturated heterocycles. The van der Waals surface area contributed by atoms with Crippen molar-refractivity contribution in [3.63, 3.8) is 0 Å². The van der Waals surface area contributed by atoms with Crippen LogP contribution in [0.25, 0.3) is 0 Å². The molecule has 1 N–H and O–H groups in total. The van der Waals surface area contributed by atoms with Gasteiger partial charge in [-0.15, -0.1) is 0 Å². The van der Waals surface area contributed by atoms with Crippen molar-refractivity contribution in [2.45, 2.75) is 52.0 Å². The summed E-state index contributed by atoms with van der Waals surface area (Å²) in [6.45, 7) is 6.30. The second-order valence-corrected chi connectivity index (χ2v) is 5.32. The number of rotatable bonds is 5. The molecule has 4 heteroatoms. The van der Waals surface area contributed by atoms with Gasteiger partial charge in [0.2, 0.25) is 5.95 Å². The molecule has 1 aromatic heterocycles. The first kappa shape index (κ1) is 14.3. The Labute approximate surface area is 116 Å². The number of anilines is 1. The molecule has 4 nitrogen and oxygen atoms in total. The zero-order valence-electron chi connectivity index (χ0n) is 12.1. The minimum absolute atomic E-state index is 0.869. The van der Waals surface area contributed by atoms with E-state index in [0.29, 0.717) is 0 Å². The number of hydrogen-bond donors (Lipinski definition) is 1. The van der Waals surface area contributed by atoms with Crippen molar-refractivity contribution >= 4 is 5.95 Å². The van der Waals surface area contributed by atoms with E-state index in [-0.39, 0.29) is 0 Å². The first-order chi connectivity index (χ1) is 9.40. The molecule has 0 spiro atoms. The fourth-order valence-electron chi connectivity index (χ4n) is 2.46. The molecule has 2 rings (SSSR count). The Morgan fingerprint density at radius 3 is 2.32 bits per heavy atom. The largest absolute Gasteiger partial charge is 0.341 e. The molecule has 0 saturated carbocycles. The highest BCUT2D eigenvalue weighted by atomic mass is 15.2. The third kappa shape index (κ3) is 4.78. The molecule has 0 aliphatic carbocycles. The van der Waals surface area contributed by atoms with Gasteiger partial charge in [0, 0.05) is 37.6 Å². The fourth-order valence-corrected chi connectivity index (χ4v) is 2.46. The van der Waals surface area contributed by atoms with E-state index in [1.54, 1.807) is 0 Å². The standard InChI is InChI=1S/C15H26N4/c1-2-8-16-11-14-12-17-15(18-13-14)19-9-6-4-3-5-7-10-19/h12-13,16H,2-11H2,1H3. The van der Waals surface area contributed by atoms with Crippen molar-refractivity contribution in [3.05, 3.63) is 18.0 Å². The summed E-state index contributed by atoms with van der Waals surface area (Å²) in [6, 6.07) is 0. The minimum Gasteiger partial charge on any atom is -0.341 e. The van der Waals surface area contributed by atoms with E-state index in [2.05, 4.69) is 27.1 Å². The van der Waals surface area contributed by atoms with Crippen LogP contribution >= 0.6 is 0 Å². The number of nitrogens with one attached hydrogen (secondary N) is 1. The molecular formula is C15H26N4. The van der Waals surface area contributed by atoms with Crippen LogP contribution in [0.1, 0.15) is 51.0 Å². The maximum atomic E-state index is 4.53. The first-order valence-corrected chi connectivity index (χ1v) is 7.66. The van der Waals surface area contributed by atoms with Gasteiger partial charge < -0.3 is 10.2 Å². The topological polar surface area (TPSA) is 41.1 Å². The van der Waals surface area contributed by atoms with Crippen molar-refractivity contribution in [3.8, 4) is 0 Å². The maximum absolute atomic E-state index is 4.53. The van der Waals surface area contributed by atoms with E-state index < -0.39 is 0 Å². The SMILES string of the molecule is CCCNCc1cnc(N2CCCCCCC2)nc1. The van der Waals surface area contributed by atoms with Crippen LogP contribution in [0.15, 0.2) is 12.4 Å². The lowest BCUT2D eigenvalue weighted by Gasteiger charge is -2.24. The number of hydrogen-bond acceptors (Lipinski definition) is 4. The molecule has 1 aliphatic heterocycles. The van der Waals surface area contributed by atoms with Gasteiger partial charge in [0.15, 0.2) is 0 Å². The molecule has 106 valence electrons. The summed E-state index contributed by atoms with van der Waals surface area (Å²) < 4.78 is 0. The van der Waals surface area contributed by atoms with Gasteiger partial charge in [0.25, 0.3) is 0 Å². The molecule has 19 heavy (non-hydrogen) atoms. The van der Waals surface area contributed by atoms with E-state index in [9.17, 15) is 0 Å². The Morgan fingerprint density at radius 2 is 1.68 bits per heavy atom. The molecule has 2 heterocycles. The Kier molecular flexibility index (Phi) is 6.08. The van der Waals surface area contributed by atoms with Gasteiger partial charge in [0.05, 0.1) is 0 Å². The summed E-state index contributed by atoms with van der Waals surface area (Å²) in [6.07, 6.45) is 11.7. The summed E-state index contributed by atoms with van der Waals surface area (Å²) in [7, 11) is 0. The fraction of sp³-hybridized carbons (Fsp3) is 0.733. The van der Waals surface area contributed by atoms with Gasteiger partial charge in [-0.1, -0.05) is 26.2 Å². The third-order valence-corrected chi connectivity index (χ3v) is 3.59. The summed E-state index contributed by atoms with van der Waals surface area (Å²) in [4.78, 5) is 11.4. The quantitative estimate of drug-likeness (QED) is 0.828. The molecule has 1 aromatic rings. The zero-order valence-corrected chi connectivity index (χ0v) is 12.1. The lowest BCUT2D eigenvalue weighted by Crippen LogP contribution is -2.28. The Balaban J connectivity index is 1.88. The Morgan fingerprint density at radius 1 is 1.05 bits per heavy atom. The van der Waals surface area contributed by atoms with Crippen LogP contribution in [-0.4, -0.2) is 29.6 Å². The lowest BCUT2D eigenvalue weighted by molar-refractivity contribution is 0.550. The zero-order chi connectivity index (χ0) is 13.3. The van der Waals surface area contributed by atoms with Crippen LogP contribution < -0.4 is 10.2 Å². The molecule has 0 bridgehead atoms. The van der Waals surface area contributed by atoms with Crippen LogP contribution in [0, 0.1) is 0 Å². The highest BCUT2D eigenvalue weighted by Gasteiger charge is 2.11. The van der Waals surface area contributed by atoms with Gasteiger partial charge in [-0.25, -0.2) is 9.97 Å². The second-order valence-electron chi connectivity index (χ2n) is 5.32. The van der Waals surface area contributed by atoms with Crippen molar-refractivity contribution in [2.75, 3.05) is 24.5 Å². The number of nitrogens with zero attached hydrogens (tertiary/aromatic N) is 3. The minimum atomic E-state index is 0.869. The van der Waals surface area contributed by atoms with Crippen LogP contribution in [0.5, 0.6) is 0 Å². The van der Waals surface area contributed by atoms with Gasteiger partial charge in [0.1, 0.15) is 0 Å². The van der Waals surface area contributed by atoms with Gasteiger partial charge in [-0.3, -0.25) is 0 Å². The normalized spacial score (nSPS) is 17.0. The molecule has 1 aliphatic rings. The highest BCUT2D eigenvalue weighted by molar-refractivity contribution is 5.29. The average molecular weight is 262 g/mol. The van der Waals surface area contributed by atoms with E-state index in [0.717, 1.165) is 38.5 Å².